The molecule has 0 aliphatic heterocycles. The molecule has 0 radical (unpaired) electrons. The third kappa shape index (κ3) is 1.76. The summed E-state index contributed by atoms with van der Waals surface area (Å²) in [6.07, 6.45) is 9.47. The van der Waals surface area contributed by atoms with Crippen molar-refractivity contribution in [2.75, 3.05) is 0 Å². The van der Waals surface area contributed by atoms with Gasteiger partial charge in [0.1, 0.15) is 5.76 Å². The molecule has 0 saturated heterocycles. The lowest BCUT2D eigenvalue weighted by atomic mass is 10.1. The lowest BCUT2D eigenvalue weighted by Crippen LogP contribution is -1.74. The first-order valence-electron chi connectivity index (χ1n) is 3.58. The Morgan fingerprint density at radius 3 is 3.00 bits per heavy atom. The van der Waals surface area contributed by atoms with E-state index in [0.29, 0.717) is 5.76 Å². The van der Waals surface area contributed by atoms with E-state index in [1.807, 2.05) is 12.2 Å². The molecule has 1 rings (SSSR count). The minimum Gasteiger partial charge on any atom is -0.508 e. The molecule has 0 aromatic carbocycles. The summed E-state index contributed by atoms with van der Waals surface area (Å²) in [6.45, 7) is 2.12. The number of aliphatic hydroxyl groups excluding tert-OH is 1. The molecule has 0 spiro atoms. The van der Waals surface area contributed by atoms with Gasteiger partial charge in [-0.25, -0.2) is 0 Å². The maximum atomic E-state index is 9.03. The van der Waals surface area contributed by atoms with Crippen molar-refractivity contribution >= 4 is 0 Å². The van der Waals surface area contributed by atoms with Crippen molar-refractivity contribution in [3.63, 3.8) is 0 Å². The monoisotopic (exact) mass is 136 g/mol. The van der Waals surface area contributed by atoms with Crippen LogP contribution in [0.5, 0.6) is 0 Å². The van der Waals surface area contributed by atoms with Crippen LogP contribution >= 0.6 is 0 Å². The highest BCUT2D eigenvalue weighted by atomic mass is 16.3. The maximum Gasteiger partial charge on any atom is 0.115 e. The fourth-order valence-corrected chi connectivity index (χ4v) is 0.920. The Morgan fingerprint density at radius 2 is 2.30 bits per heavy atom. The van der Waals surface area contributed by atoms with Gasteiger partial charge in [0.2, 0.25) is 0 Å². The number of allylic oxidation sites excluding steroid dienone is 5. The van der Waals surface area contributed by atoms with Crippen LogP contribution in [0, 0.1) is 0 Å². The highest BCUT2D eigenvalue weighted by Crippen LogP contribution is 2.12. The van der Waals surface area contributed by atoms with Crippen molar-refractivity contribution in [3.05, 3.63) is 35.6 Å². The summed E-state index contributed by atoms with van der Waals surface area (Å²) >= 11 is 0. The summed E-state index contributed by atoms with van der Waals surface area (Å²) in [4.78, 5) is 0. The first kappa shape index (κ1) is 7.13. The van der Waals surface area contributed by atoms with Crippen molar-refractivity contribution in [1.29, 1.82) is 0 Å². The van der Waals surface area contributed by atoms with Crippen molar-refractivity contribution in [3.8, 4) is 0 Å². The molecule has 0 fully saturated rings. The molecule has 1 aliphatic carbocycles. The maximum absolute atomic E-state index is 9.03. The molecule has 0 aromatic rings. The van der Waals surface area contributed by atoms with Crippen LogP contribution in [0.3, 0.4) is 0 Å². The summed E-state index contributed by atoms with van der Waals surface area (Å²) in [5.74, 6) is 0.350. The molecule has 1 N–H and O–H groups in total. The molecule has 0 heterocycles. The lowest BCUT2D eigenvalue weighted by Gasteiger charge is -1.94. The molecular formula is C9H12O. The normalized spacial score (nSPS) is 17.7. The van der Waals surface area contributed by atoms with E-state index in [4.69, 9.17) is 5.11 Å². The molecule has 0 saturated carbocycles. The fraction of sp³-hybridized carbons (Fsp3) is 0.333. The van der Waals surface area contributed by atoms with Crippen LogP contribution in [0.2, 0.25) is 0 Å². The molecular weight excluding hydrogens is 124 g/mol. The second kappa shape index (κ2) is 3.25. The summed E-state index contributed by atoms with van der Waals surface area (Å²) in [7, 11) is 0. The van der Waals surface area contributed by atoms with E-state index in [-0.39, 0.29) is 0 Å². The van der Waals surface area contributed by atoms with E-state index < -0.39 is 0 Å². The van der Waals surface area contributed by atoms with Gasteiger partial charge in [-0.05, 0) is 25.0 Å². The number of aliphatic hydroxyl groups is 1. The van der Waals surface area contributed by atoms with E-state index in [0.717, 1.165) is 12.8 Å². The standard InChI is InChI=1S/C9H12O/c1-2-8-4-3-5-9(10)7-6-8/h3,5-7,10H,2,4H2,1H3. The Morgan fingerprint density at radius 1 is 1.50 bits per heavy atom. The van der Waals surface area contributed by atoms with Crippen molar-refractivity contribution < 1.29 is 5.11 Å². The van der Waals surface area contributed by atoms with Gasteiger partial charge in [-0.3, -0.25) is 0 Å². The summed E-state index contributed by atoms with van der Waals surface area (Å²) in [6, 6.07) is 0. The van der Waals surface area contributed by atoms with Gasteiger partial charge in [-0.2, -0.15) is 0 Å². The average molecular weight is 136 g/mol. The number of hydrogen-bond donors (Lipinski definition) is 1. The zero-order valence-corrected chi connectivity index (χ0v) is 6.17. The summed E-state index contributed by atoms with van der Waals surface area (Å²) in [5.41, 5.74) is 1.36. The minimum absolute atomic E-state index is 0.350. The van der Waals surface area contributed by atoms with Gasteiger partial charge in [0.25, 0.3) is 0 Å². The highest BCUT2D eigenvalue weighted by molar-refractivity contribution is 5.26. The molecule has 54 valence electrons. The summed E-state index contributed by atoms with van der Waals surface area (Å²) < 4.78 is 0. The van der Waals surface area contributed by atoms with Gasteiger partial charge in [0.05, 0.1) is 0 Å². The van der Waals surface area contributed by atoms with Crippen LogP contribution in [0.4, 0.5) is 0 Å². The molecule has 0 aromatic heterocycles. The van der Waals surface area contributed by atoms with Crippen LogP contribution in [0.15, 0.2) is 35.6 Å². The van der Waals surface area contributed by atoms with Crippen LogP contribution in [-0.2, 0) is 0 Å². The fourth-order valence-electron chi connectivity index (χ4n) is 0.920. The van der Waals surface area contributed by atoms with Gasteiger partial charge in [0.15, 0.2) is 0 Å². The molecule has 0 amide bonds. The van der Waals surface area contributed by atoms with Crippen LogP contribution in [-0.4, -0.2) is 5.11 Å². The molecule has 1 heteroatoms. The first-order chi connectivity index (χ1) is 4.83. The van der Waals surface area contributed by atoms with Gasteiger partial charge >= 0.3 is 0 Å². The van der Waals surface area contributed by atoms with Gasteiger partial charge in [0, 0.05) is 0 Å². The van der Waals surface area contributed by atoms with Crippen LogP contribution in [0.25, 0.3) is 0 Å². The topological polar surface area (TPSA) is 20.2 Å². The largest absolute Gasteiger partial charge is 0.508 e. The zero-order valence-electron chi connectivity index (χ0n) is 6.17. The quantitative estimate of drug-likeness (QED) is 0.587. The predicted molar refractivity (Wildman–Crippen MR) is 42.8 cm³/mol. The van der Waals surface area contributed by atoms with Crippen molar-refractivity contribution in [1.82, 2.24) is 0 Å². The second-order valence-electron chi connectivity index (χ2n) is 2.38. The smallest absolute Gasteiger partial charge is 0.115 e. The van der Waals surface area contributed by atoms with E-state index in [1.54, 1.807) is 12.2 Å². The molecule has 10 heavy (non-hydrogen) atoms. The van der Waals surface area contributed by atoms with Gasteiger partial charge in [-0.1, -0.05) is 24.6 Å². The average Bonchev–Trinajstić information content (AvgIpc) is 2.14. The van der Waals surface area contributed by atoms with E-state index in [2.05, 4.69) is 6.92 Å². The Bertz CT molecular complexity index is 197. The second-order valence-corrected chi connectivity index (χ2v) is 2.38. The van der Waals surface area contributed by atoms with Crippen molar-refractivity contribution in [2.24, 2.45) is 0 Å². The van der Waals surface area contributed by atoms with E-state index >= 15 is 0 Å². The SMILES string of the molecule is CCC1=CC=C(O)C=CC1. The van der Waals surface area contributed by atoms with Gasteiger partial charge < -0.3 is 5.11 Å². The molecule has 1 nitrogen and oxygen atoms in total. The third-order valence-electron chi connectivity index (χ3n) is 1.61. The summed E-state index contributed by atoms with van der Waals surface area (Å²) in [5, 5.41) is 9.03. The van der Waals surface area contributed by atoms with Gasteiger partial charge in [-0.15, -0.1) is 0 Å². The zero-order chi connectivity index (χ0) is 7.40. The van der Waals surface area contributed by atoms with E-state index in [9.17, 15) is 0 Å². The van der Waals surface area contributed by atoms with Crippen molar-refractivity contribution in [2.45, 2.75) is 19.8 Å². The third-order valence-corrected chi connectivity index (χ3v) is 1.61. The number of rotatable bonds is 1. The Labute approximate surface area is 61.4 Å². The Hall–Kier alpha value is -0.980. The number of hydrogen-bond acceptors (Lipinski definition) is 1. The molecule has 0 bridgehead atoms. The molecule has 0 atom stereocenters. The molecule has 1 aliphatic rings. The Kier molecular flexibility index (Phi) is 2.32. The Balaban J connectivity index is 2.74. The molecule has 0 unspecified atom stereocenters. The highest BCUT2D eigenvalue weighted by Gasteiger charge is 1.93. The van der Waals surface area contributed by atoms with Crippen LogP contribution < -0.4 is 0 Å². The predicted octanol–water partition coefficient (Wildman–Crippen LogP) is 2.72. The minimum atomic E-state index is 0.350. The lowest BCUT2D eigenvalue weighted by molar-refractivity contribution is 0.432. The first-order valence-corrected chi connectivity index (χ1v) is 3.58. The van der Waals surface area contributed by atoms with Crippen LogP contribution in [0.1, 0.15) is 19.8 Å². The van der Waals surface area contributed by atoms with E-state index in [1.165, 1.54) is 5.57 Å².